The van der Waals surface area contributed by atoms with Crippen molar-refractivity contribution < 1.29 is 8.94 Å². The Bertz CT molecular complexity index is 644. The third-order valence-corrected chi connectivity index (χ3v) is 4.28. The van der Waals surface area contributed by atoms with Crippen LogP contribution in [0.15, 0.2) is 40.9 Å². The summed E-state index contributed by atoms with van der Waals surface area (Å²) in [5.74, 6) is -0.288. The van der Waals surface area contributed by atoms with Crippen LogP contribution in [0.3, 0.4) is 0 Å². The molecule has 0 aliphatic rings. The monoisotopic (exact) mass is 307 g/mol. The molecule has 21 heavy (non-hydrogen) atoms. The summed E-state index contributed by atoms with van der Waals surface area (Å²) in [6.45, 7) is 7.39. The summed E-state index contributed by atoms with van der Waals surface area (Å²) in [7, 11) is 0. The van der Waals surface area contributed by atoms with Gasteiger partial charge in [0.25, 0.3) is 0 Å². The average Bonchev–Trinajstić information content (AvgIpc) is 2.88. The molecular weight excluding hydrogens is 289 g/mol. The Labute approximate surface area is 127 Å². The summed E-state index contributed by atoms with van der Waals surface area (Å²) in [6.07, 6.45) is 1.77. The van der Waals surface area contributed by atoms with Gasteiger partial charge in [-0.3, -0.25) is 0 Å². The van der Waals surface area contributed by atoms with E-state index >= 15 is 0 Å². The third kappa shape index (κ3) is 3.92. The Morgan fingerprint density at radius 1 is 1.24 bits per heavy atom. The molecule has 0 radical (unpaired) electrons. The van der Waals surface area contributed by atoms with Crippen molar-refractivity contribution in [3.8, 4) is 5.69 Å². The molecule has 112 valence electrons. The van der Waals surface area contributed by atoms with E-state index in [2.05, 4.69) is 9.50 Å². The van der Waals surface area contributed by atoms with Crippen LogP contribution in [0.2, 0.25) is 0 Å². The van der Waals surface area contributed by atoms with Crippen molar-refractivity contribution in [1.29, 1.82) is 0 Å². The molecule has 6 heteroatoms. The van der Waals surface area contributed by atoms with Gasteiger partial charge in [-0.25, -0.2) is 9.07 Å². The molecule has 4 nitrogen and oxygen atoms in total. The van der Waals surface area contributed by atoms with Crippen molar-refractivity contribution in [2.24, 2.45) is 4.40 Å². The minimum absolute atomic E-state index is 0.288. The van der Waals surface area contributed by atoms with Crippen LogP contribution in [-0.2, 0) is 11.4 Å². The van der Waals surface area contributed by atoms with E-state index in [1.165, 1.54) is 12.1 Å². The van der Waals surface area contributed by atoms with E-state index in [4.69, 9.17) is 0 Å². The molecule has 1 atom stereocenters. The zero-order valence-corrected chi connectivity index (χ0v) is 13.3. The lowest BCUT2D eigenvalue weighted by Gasteiger charge is -2.18. The van der Waals surface area contributed by atoms with Crippen molar-refractivity contribution in [1.82, 2.24) is 9.78 Å². The van der Waals surface area contributed by atoms with Crippen LogP contribution in [-0.4, -0.2) is 24.8 Å². The van der Waals surface area contributed by atoms with Gasteiger partial charge in [-0.1, -0.05) is 4.40 Å². The number of halogens is 1. The minimum Gasteiger partial charge on any atom is -0.591 e. The molecule has 2 rings (SSSR count). The van der Waals surface area contributed by atoms with Crippen LogP contribution < -0.4 is 0 Å². The highest BCUT2D eigenvalue weighted by Crippen LogP contribution is 2.18. The first kappa shape index (κ1) is 15.7. The summed E-state index contributed by atoms with van der Waals surface area (Å²) in [5, 5.41) is 4.37. The highest BCUT2D eigenvalue weighted by atomic mass is 32.2. The maximum absolute atomic E-state index is 12.9. The molecule has 1 heterocycles. The van der Waals surface area contributed by atoms with Gasteiger partial charge < -0.3 is 4.55 Å². The first-order valence-corrected chi connectivity index (χ1v) is 7.67. The van der Waals surface area contributed by atoms with Crippen molar-refractivity contribution in [3.05, 3.63) is 48.0 Å². The number of hydrogen-bond donors (Lipinski definition) is 0. The second-order valence-corrected chi connectivity index (χ2v) is 7.57. The van der Waals surface area contributed by atoms with E-state index in [0.29, 0.717) is 11.4 Å². The van der Waals surface area contributed by atoms with Gasteiger partial charge in [0.05, 0.1) is 5.69 Å². The Morgan fingerprint density at radius 3 is 2.43 bits per heavy atom. The largest absolute Gasteiger partial charge is 0.591 e. The molecule has 1 aromatic heterocycles. The SMILES string of the molecule is C/C(=N/[S+]([O-])C(C)(C)C)c1ccn(-c2ccc(F)cc2)n1. The van der Waals surface area contributed by atoms with E-state index in [0.717, 1.165) is 5.69 Å². The molecule has 1 aromatic carbocycles. The van der Waals surface area contributed by atoms with Crippen molar-refractivity contribution >= 4 is 17.1 Å². The Balaban J connectivity index is 2.23. The third-order valence-electron chi connectivity index (χ3n) is 2.79. The predicted molar refractivity (Wildman–Crippen MR) is 83.6 cm³/mol. The van der Waals surface area contributed by atoms with Crippen molar-refractivity contribution in [2.75, 3.05) is 0 Å². The van der Waals surface area contributed by atoms with Gasteiger partial charge in [0, 0.05) is 6.20 Å². The van der Waals surface area contributed by atoms with Gasteiger partial charge in [-0.05, 0) is 58.0 Å². The van der Waals surface area contributed by atoms with Crippen LogP contribution >= 0.6 is 0 Å². The van der Waals surface area contributed by atoms with Gasteiger partial charge in [0.2, 0.25) is 0 Å². The molecule has 0 spiro atoms. The maximum Gasteiger partial charge on any atom is 0.144 e. The van der Waals surface area contributed by atoms with E-state index < -0.39 is 16.1 Å². The Hall–Kier alpha value is -1.66. The van der Waals surface area contributed by atoms with E-state index in [9.17, 15) is 8.94 Å². The molecule has 2 aromatic rings. The fraction of sp³-hybridized carbons (Fsp3) is 0.333. The lowest BCUT2D eigenvalue weighted by atomic mass is 10.3. The average molecular weight is 307 g/mol. The van der Waals surface area contributed by atoms with E-state index in [-0.39, 0.29) is 5.82 Å². The quantitative estimate of drug-likeness (QED) is 0.645. The van der Waals surface area contributed by atoms with Gasteiger partial charge >= 0.3 is 0 Å². The number of benzene rings is 1. The fourth-order valence-corrected chi connectivity index (χ4v) is 2.18. The molecule has 0 aliphatic heterocycles. The van der Waals surface area contributed by atoms with Gasteiger partial charge in [-0.2, -0.15) is 5.10 Å². The zero-order valence-electron chi connectivity index (χ0n) is 12.5. The highest BCUT2D eigenvalue weighted by Gasteiger charge is 2.27. The first-order valence-electron chi connectivity index (χ1n) is 6.56. The number of nitrogens with zero attached hydrogens (tertiary/aromatic N) is 3. The van der Waals surface area contributed by atoms with Crippen LogP contribution in [0.25, 0.3) is 5.69 Å². The zero-order chi connectivity index (χ0) is 15.6. The molecule has 0 fully saturated rings. The summed E-state index contributed by atoms with van der Waals surface area (Å²) in [6, 6.07) is 7.85. The van der Waals surface area contributed by atoms with Crippen molar-refractivity contribution in [3.63, 3.8) is 0 Å². The van der Waals surface area contributed by atoms with Crippen LogP contribution in [0, 0.1) is 5.82 Å². The number of aromatic nitrogens is 2. The van der Waals surface area contributed by atoms with Crippen LogP contribution in [0.1, 0.15) is 33.4 Å². The lowest BCUT2D eigenvalue weighted by molar-refractivity contribution is 0.561. The molecule has 1 unspecified atom stereocenters. The predicted octanol–water partition coefficient (Wildman–Crippen LogP) is 3.28. The Kier molecular flexibility index (Phi) is 4.49. The maximum atomic E-state index is 12.9. The summed E-state index contributed by atoms with van der Waals surface area (Å²) in [4.78, 5) is 0. The topological polar surface area (TPSA) is 53.2 Å². The number of hydrogen-bond acceptors (Lipinski definition) is 3. The summed E-state index contributed by atoms with van der Waals surface area (Å²) in [5.41, 5.74) is 2.02. The lowest BCUT2D eigenvalue weighted by Crippen LogP contribution is -2.26. The molecule has 0 bridgehead atoms. The second-order valence-electron chi connectivity index (χ2n) is 5.66. The molecule has 0 saturated carbocycles. The second kappa shape index (κ2) is 5.99. The normalized spacial score (nSPS) is 14.3. The smallest absolute Gasteiger partial charge is 0.144 e. The van der Waals surface area contributed by atoms with Gasteiger partial charge in [-0.15, -0.1) is 0 Å². The van der Waals surface area contributed by atoms with Gasteiger partial charge in [0.15, 0.2) is 0 Å². The van der Waals surface area contributed by atoms with Gasteiger partial charge in [0.1, 0.15) is 33.3 Å². The summed E-state index contributed by atoms with van der Waals surface area (Å²) >= 11 is -1.32. The molecule has 0 aliphatic carbocycles. The minimum atomic E-state index is -1.32. The number of rotatable bonds is 3. The fourth-order valence-electron chi connectivity index (χ4n) is 1.56. The molecule has 0 amide bonds. The van der Waals surface area contributed by atoms with Crippen LogP contribution in [0.5, 0.6) is 0 Å². The van der Waals surface area contributed by atoms with Crippen LogP contribution in [0.4, 0.5) is 4.39 Å². The Morgan fingerprint density at radius 2 is 1.86 bits per heavy atom. The molecule has 0 saturated heterocycles. The molecular formula is C15H18FN3OS. The van der Waals surface area contributed by atoms with Crippen molar-refractivity contribution in [2.45, 2.75) is 32.4 Å². The first-order chi connectivity index (χ1) is 9.77. The standard InChI is InChI=1S/C15H18FN3OS/c1-11(18-21(20)15(2,3)4)14-9-10-19(17-14)13-7-5-12(16)6-8-13/h5-10H,1-4H3/b18-11-. The highest BCUT2D eigenvalue weighted by molar-refractivity contribution is 7.91. The van der Waals surface area contributed by atoms with E-state index in [1.54, 1.807) is 36.0 Å². The summed E-state index contributed by atoms with van der Waals surface area (Å²) < 4.78 is 30.3. The van der Waals surface area contributed by atoms with E-state index in [1.807, 2.05) is 20.8 Å². The molecule has 0 N–H and O–H groups in total.